The van der Waals surface area contributed by atoms with Crippen molar-refractivity contribution in [3.8, 4) is 0 Å². The van der Waals surface area contributed by atoms with Gasteiger partial charge >= 0.3 is 12.0 Å². The number of nitrogens with one attached hydrogen (secondary N) is 2. The maximum atomic E-state index is 11.7. The topological polar surface area (TPSA) is 78.4 Å². The second-order valence-corrected chi connectivity index (χ2v) is 4.88. The van der Waals surface area contributed by atoms with Gasteiger partial charge in [0.1, 0.15) is 0 Å². The van der Waals surface area contributed by atoms with Gasteiger partial charge in [0.15, 0.2) is 0 Å². The summed E-state index contributed by atoms with van der Waals surface area (Å²) in [5, 5.41) is 14.4. The molecule has 5 nitrogen and oxygen atoms in total. The van der Waals surface area contributed by atoms with Crippen molar-refractivity contribution in [3.63, 3.8) is 0 Å². The number of urea groups is 1. The quantitative estimate of drug-likeness (QED) is 0.763. The lowest BCUT2D eigenvalue weighted by molar-refractivity contribution is 0.0697. The zero-order chi connectivity index (χ0) is 13.8. The molecule has 1 aromatic rings. The third kappa shape index (κ3) is 3.71. The van der Waals surface area contributed by atoms with E-state index < -0.39 is 5.97 Å². The number of hydrogen-bond acceptors (Lipinski definition) is 2. The number of carbonyl (C=O) groups is 2. The molecule has 0 heterocycles. The van der Waals surface area contributed by atoms with E-state index >= 15 is 0 Å². The minimum absolute atomic E-state index is 0.160. The Morgan fingerprint density at radius 1 is 1.42 bits per heavy atom. The van der Waals surface area contributed by atoms with Crippen LogP contribution in [0.25, 0.3) is 0 Å². The summed E-state index contributed by atoms with van der Waals surface area (Å²) in [6.45, 7) is 2.13. The van der Waals surface area contributed by atoms with E-state index in [-0.39, 0.29) is 17.6 Å². The minimum atomic E-state index is -1.01. The summed E-state index contributed by atoms with van der Waals surface area (Å²) in [5.41, 5.74) is 0.651. The zero-order valence-corrected chi connectivity index (χ0v) is 10.8. The van der Waals surface area contributed by atoms with Crippen molar-refractivity contribution in [1.29, 1.82) is 0 Å². The van der Waals surface area contributed by atoms with E-state index in [4.69, 9.17) is 5.11 Å². The SMILES string of the molecule is CCCC1CC1NC(=O)Nc1cccc(C(=O)O)c1. The van der Waals surface area contributed by atoms with Crippen LogP contribution in [0.1, 0.15) is 36.5 Å². The number of anilines is 1. The number of benzene rings is 1. The second-order valence-electron chi connectivity index (χ2n) is 4.88. The summed E-state index contributed by atoms with van der Waals surface area (Å²) in [6, 6.07) is 6.20. The first-order valence-corrected chi connectivity index (χ1v) is 6.51. The Bertz CT molecular complexity index is 487. The van der Waals surface area contributed by atoms with Crippen molar-refractivity contribution in [2.75, 3.05) is 5.32 Å². The Hall–Kier alpha value is -2.04. The van der Waals surface area contributed by atoms with Gasteiger partial charge in [0.05, 0.1) is 5.56 Å². The van der Waals surface area contributed by atoms with E-state index in [9.17, 15) is 9.59 Å². The molecule has 0 radical (unpaired) electrons. The molecule has 1 saturated carbocycles. The lowest BCUT2D eigenvalue weighted by Gasteiger charge is -2.07. The van der Waals surface area contributed by atoms with Crippen LogP contribution in [0.4, 0.5) is 10.5 Å². The molecule has 1 aliphatic rings. The molecular weight excluding hydrogens is 244 g/mol. The minimum Gasteiger partial charge on any atom is -0.478 e. The van der Waals surface area contributed by atoms with E-state index in [1.165, 1.54) is 12.1 Å². The van der Waals surface area contributed by atoms with Crippen LogP contribution in [0.2, 0.25) is 0 Å². The third-order valence-electron chi connectivity index (χ3n) is 3.27. The molecule has 102 valence electrons. The zero-order valence-electron chi connectivity index (χ0n) is 10.8. The van der Waals surface area contributed by atoms with Gasteiger partial charge in [-0.2, -0.15) is 0 Å². The van der Waals surface area contributed by atoms with Gasteiger partial charge in [-0.3, -0.25) is 0 Å². The summed E-state index contributed by atoms with van der Waals surface area (Å²) in [5.74, 6) is -0.407. The number of carboxylic acid groups (broad SMARTS) is 1. The van der Waals surface area contributed by atoms with Crippen LogP contribution < -0.4 is 10.6 Å². The lowest BCUT2D eigenvalue weighted by Crippen LogP contribution is -2.31. The first-order valence-electron chi connectivity index (χ1n) is 6.51. The molecule has 0 aromatic heterocycles. The molecule has 2 unspecified atom stereocenters. The molecule has 2 atom stereocenters. The van der Waals surface area contributed by atoms with Crippen molar-refractivity contribution in [2.24, 2.45) is 5.92 Å². The molecule has 0 bridgehead atoms. The predicted octanol–water partition coefficient (Wildman–Crippen LogP) is 2.69. The molecule has 0 aliphatic heterocycles. The van der Waals surface area contributed by atoms with Crippen LogP contribution in [0.15, 0.2) is 24.3 Å². The fraction of sp³-hybridized carbons (Fsp3) is 0.429. The van der Waals surface area contributed by atoms with Crippen LogP contribution in [-0.4, -0.2) is 23.1 Å². The maximum Gasteiger partial charge on any atom is 0.335 e. The molecule has 1 fully saturated rings. The Morgan fingerprint density at radius 2 is 2.21 bits per heavy atom. The smallest absolute Gasteiger partial charge is 0.335 e. The Kier molecular flexibility index (Phi) is 4.04. The van der Waals surface area contributed by atoms with Crippen molar-refractivity contribution in [1.82, 2.24) is 5.32 Å². The van der Waals surface area contributed by atoms with Crippen LogP contribution in [0.3, 0.4) is 0 Å². The van der Waals surface area contributed by atoms with Gasteiger partial charge in [-0.05, 0) is 37.0 Å². The molecule has 1 aromatic carbocycles. The van der Waals surface area contributed by atoms with Gasteiger partial charge in [-0.1, -0.05) is 19.4 Å². The number of hydrogen-bond donors (Lipinski definition) is 3. The molecular formula is C14H18N2O3. The summed E-state index contributed by atoms with van der Waals surface area (Å²) in [6.07, 6.45) is 3.31. The highest BCUT2D eigenvalue weighted by atomic mass is 16.4. The molecule has 2 amide bonds. The Balaban J connectivity index is 1.86. The number of amides is 2. The highest BCUT2D eigenvalue weighted by molar-refractivity contribution is 5.93. The monoisotopic (exact) mass is 262 g/mol. The molecule has 0 saturated heterocycles. The standard InChI is InChI=1S/C14H18N2O3/c1-2-4-9-8-12(9)16-14(19)15-11-6-3-5-10(7-11)13(17)18/h3,5-7,9,12H,2,4,8H2,1H3,(H,17,18)(H2,15,16,19). The highest BCUT2D eigenvalue weighted by Crippen LogP contribution is 2.34. The number of carboxylic acids is 1. The molecule has 19 heavy (non-hydrogen) atoms. The summed E-state index contributed by atoms with van der Waals surface area (Å²) in [7, 11) is 0. The normalized spacial score (nSPS) is 20.7. The number of carbonyl (C=O) groups excluding carboxylic acids is 1. The highest BCUT2D eigenvalue weighted by Gasteiger charge is 2.37. The van der Waals surface area contributed by atoms with Crippen molar-refractivity contribution in [2.45, 2.75) is 32.2 Å². The van der Waals surface area contributed by atoms with Gasteiger partial charge < -0.3 is 15.7 Å². The van der Waals surface area contributed by atoms with Gasteiger partial charge in [0, 0.05) is 11.7 Å². The largest absolute Gasteiger partial charge is 0.478 e. The first-order chi connectivity index (χ1) is 9.10. The molecule has 2 rings (SSSR count). The van der Waals surface area contributed by atoms with E-state index in [1.54, 1.807) is 12.1 Å². The molecule has 0 spiro atoms. The predicted molar refractivity (Wildman–Crippen MR) is 72.4 cm³/mol. The van der Waals surface area contributed by atoms with Crippen LogP contribution in [0.5, 0.6) is 0 Å². The number of aromatic carboxylic acids is 1. The maximum absolute atomic E-state index is 11.7. The number of rotatable bonds is 5. The van der Waals surface area contributed by atoms with Gasteiger partial charge in [0.25, 0.3) is 0 Å². The average molecular weight is 262 g/mol. The first kappa shape index (κ1) is 13.4. The fourth-order valence-corrected chi connectivity index (χ4v) is 2.18. The Labute approximate surface area is 112 Å². The van der Waals surface area contributed by atoms with Crippen LogP contribution in [0, 0.1) is 5.92 Å². The summed E-state index contributed by atoms with van der Waals surface area (Å²) >= 11 is 0. The summed E-state index contributed by atoms with van der Waals surface area (Å²) in [4.78, 5) is 22.5. The molecule has 1 aliphatic carbocycles. The summed E-state index contributed by atoms with van der Waals surface area (Å²) < 4.78 is 0. The second kappa shape index (κ2) is 5.73. The van der Waals surface area contributed by atoms with Gasteiger partial charge in [-0.15, -0.1) is 0 Å². The van der Waals surface area contributed by atoms with E-state index in [0.717, 1.165) is 19.3 Å². The van der Waals surface area contributed by atoms with E-state index in [1.807, 2.05) is 0 Å². The van der Waals surface area contributed by atoms with Crippen molar-refractivity contribution >= 4 is 17.7 Å². The van der Waals surface area contributed by atoms with Gasteiger partial charge in [-0.25, -0.2) is 9.59 Å². The molecule has 5 heteroatoms. The van der Waals surface area contributed by atoms with Gasteiger partial charge in [0.2, 0.25) is 0 Å². The van der Waals surface area contributed by atoms with Crippen molar-refractivity contribution < 1.29 is 14.7 Å². The molecule has 3 N–H and O–H groups in total. The average Bonchev–Trinajstić information content (AvgIpc) is 3.07. The van der Waals surface area contributed by atoms with E-state index in [2.05, 4.69) is 17.6 Å². The fourth-order valence-electron chi connectivity index (χ4n) is 2.18. The van der Waals surface area contributed by atoms with Crippen LogP contribution in [-0.2, 0) is 0 Å². The van der Waals surface area contributed by atoms with Crippen LogP contribution >= 0.6 is 0 Å². The lowest BCUT2D eigenvalue weighted by atomic mass is 10.2. The third-order valence-corrected chi connectivity index (χ3v) is 3.27. The van der Waals surface area contributed by atoms with Crippen molar-refractivity contribution in [3.05, 3.63) is 29.8 Å². The Morgan fingerprint density at radius 3 is 2.89 bits per heavy atom. The van der Waals surface area contributed by atoms with E-state index in [0.29, 0.717) is 11.6 Å².